The van der Waals surface area contributed by atoms with Gasteiger partial charge in [-0.15, -0.1) is 5.10 Å². The molecule has 1 aromatic carbocycles. The van der Waals surface area contributed by atoms with Crippen LogP contribution >= 0.6 is 0 Å². The number of anilines is 2. The highest BCUT2D eigenvalue weighted by molar-refractivity contribution is 5.91. The van der Waals surface area contributed by atoms with Gasteiger partial charge in [0.2, 0.25) is 0 Å². The van der Waals surface area contributed by atoms with Gasteiger partial charge in [0.25, 0.3) is 5.91 Å². The fraction of sp³-hybridized carbons (Fsp3) is 0.259. The number of benzene rings is 1. The third kappa shape index (κ3) is 5.73. The number of aryl methyl sites for hydroxylation is 1. The van der Waals surface area contributed by atoms with Gasteiger partial charge in [-0.25, -0.2) is 4.68 Å². The molecule has 0 aliphatic carbocycles. The maximum absolute atomic E-state index is 12.6. The quantitative estimate of drug-likeness (QED) is 0.389. The highest BCUT2D eigenvalue weighted by Crippen LogP contribution is 2.36. The molecule has 10 heteroatoms. The number of pyridine rings is 2. The first kappa shape index (κ1) is 25.3. The zero-order chi connectivity index (χ0) is 26.6. The molecule has 0 aliphatic rings. The molecule has 0 saturated heterocycles. The Hall–Kier alpha value is -4.78. The van der Waals surface area contributed by atoms with Gasteiger partial charge in [0.1, 0.15) is 6.07 Å². The average Bonchev–Trinajstić information content (AvgIpc) is 3.38. The number of amides is 1. The normalized spacial score (nSPS) is 11.0. The Morgan fingerprint density at radius 2 is 2.03 bits per heavy atom. The van der Waals surface area contributed by atoms with Crippen molar-refractivity contribution >= 4 is 17.3 Å². The summed E-state index contributed by atoms with van der Waals surface area (Å²) < 4.78 is 7.06. The monoisotopic (exact) mass is 496 g/mol. The van der Waals surface area contributed by atoms with E-state index in [2.05, 4.69) is 57.8 Å². The first-order valence-corrected chi connectivity index (χ1v) is 11.7. The number of hydrogen-bond donors (Lipinski definition) is 2. The molecule has 4 rings (SSSR count). The van der Waals surface area contributed by atoms with Gasteiger partial charge in [0, 0.05) is 18.9 Å². The van der Waals surface area contributed by atoms with Crippen LogP contribution in [0.1, 0.15) is 53.6 Å². The number of nitriles is 1. The van der Waals surface area contributed by atoms with E-state index in [1.165, 1.54) is 11.8 Å². The summed E-state index contributed by atoms with van der Waals surface area (Å²) in [6.45, 7) is 8.43. The van der Waals surface area contributed by atoms with Crippen molar-refractivity contribution < 1.29 is 9.53 Å². The van der Waals surface area contributed by atoms with Crippen LogP contribution in [0.3, 0.4) is 0 Å². The smallest absolute Gasteiger partial charge is 0.273 e. The van der Waals surface area contributed by atoms with Crippen molar-refractivity contribution in [1.82, 2.24) is 30.3 Å². The van der Waals surface area contributed by atoms with Crippen LogP contribution in [0.5, 0.6) is 5.75 Å². The second-order valence-corrected chi connectivity index (χ2v) is 9.51. The van der Waals surface area contributed by atoms with E-state index in [1.807, 2.05) is 37.3 Å². The summed E-state index contributed by atoms with van der Waals surface area (Å²) in [5.41, 5.74) is 4.99. The van der Waals surface area contributed by atoms with E-state index < -0.39 is 0 Å². The molecule has 10 nitrogen and oxygen atoms in total. The van der Waals surface area contributed by atoms with Crippen molar-refractivity contribution in [1.29, 1.82) is 5.26 Å². The van der Waals surface area contributed by atoms with E-state index >= 15 is 0 Å². The summed E-state index contributed by atoms with van der Waals surface area (Å²) in [5, 5.41) is 24.0. The van der Waals surface area contributed by atoms with E-state index in [9.17, 15) is 10.1 Å². The molecule has 3 aromatic heterocycles. The number of hydrogen-bond acceptors (Lipinski definition) is 8. The first-order valence-electron chi connectivity index (χ1n) is 11.7. The van der Waals surface area contributed by atoms with Crippen LogP contribution in [-0.4, -0.2) is 38.0 Å². The van der Waals surface area contributed by atoms with Crippen molar-refractivity contribution in [3.63, 3.8) is 0 Å². The van der Waals surface area contributed by atoms with Crippen LogP contribution in [0.15, 0.2) is 55.1 Å². The summed E-state index contributed by atoms with van der Waals surface area (Å²) >= 11 is 0. The molecule has 0 fully saturated rings. The lowest BCUT2D eigenvalue weighted by Crippen LogP contribution is -2.23. The van der Waals surface area contributed by atoms with Crippen molar-refractivity contribution in [2.45, 2.75) is 39.7 Å². The highest BCUT2D eigenvalue weighted by atomic mass is 16.5. The largest absolute Gasteiger partial charge is 0.493 e. The molecule has 0 bridgehead atoms. The minimum atomic E-state index is -0.345. The molecule has 2 N–H and O–H groups in total. The van der Waals surface area contributed by atoms with Crippen LogP contribution < -0.4 is 15.4 Å². The predicted octanol–water partition coefficient (Wildman–Crippen LogP) is 4.22. The molecule has 0 aliphatic heterocycles. The van der Waals surface area contributed by atoms with Crippen LogP contribution in [0.25, 0.3) is 5.69 Å². The van der Waals surface area contributed by atoms with Gasteiger partial charge in [-0.3, -0.25) is 14.8 Å². The minimum absolute atomic E-state index is 0.167. The van der Waals surface area contributed by atoms with E-state index in [0.29, 0.717) is 40.6 Å². The molecular formula is C27H28N8O2. The first-order chi connectivity index (χ1) is 17.7. The van der Waals surface area contributed by atoms with Gasteiger partial charge in [-0.2, -0.15) is 5.26 Å². The molecule has 0 radical (unpaired) electrons. The molecule has 0 atom stereocenters. The van der Waals surface area contributed by atoms with Crippen molar-refractivity contribution in [3.05, 3.63) is 83.2 Å². The number of rotatable bonds is 7. The Morgan fingerprint density at radius 3 is 2.70 bits per heavy atom. The number of methoxy groups -OCH3 is 1. The maximum Gasteiger partial charge on any atom is 0.273 e. The number of aromatic nitrogens is 5. The van der Waals surface area contributed by atoms with Gasteiger partial charge >= 0.3 is 0 Å². The Morgan fingerprint density at radius 1 is 1.22 bits per heavy atom. The fourth-order valence-electron chi connectivity index (χ4n) is 3.70. The molecule has 37 heavy (non-hydrogen) atoms. The standard InChI is InChI=1S/C27H28N8O2/c1-17-24(35-16-23(33-34-35)26(36)31-14-18-7-6-8-29-13-18)11-21(15-30-17)32-22-10-20(27(2,3)4)9-19(12-28)25(22)37-5/h6-11,13,15-16,32H,14H2,1-5H3,(H,31,36). The molecule has 3 heterocycles. The third-order valence-electron chi connectivity index (χ3n) is 5.77. The number of ether oxygens (including phenoxy) is 1. The Labute approximate surface area is 215 Å². The summed E-state index contributed by atoms with van der Waals surface area (Å²) in [5.74, 6) is 0.105. The second kappa shape index (κ2) is 10.5. The van der Waals surface area contributed by atoms with Gasteiger partial charge in [0.15, 0.2) is 11.4 Å². The summed E-state index contributed by atoms with van der Waals surface area (Å²) in [4.78, 5) is 21.1. The molecule has 0 saturated carbocycles. The van der Waals surface area contributed by atoms with Crippen LogP contribution in [0.2, 0.25) is 0 Å². The fourth-order valence-corrected chi connectivity index (χ4v) is 3.70. The van der Waals surface area contributed by atoms with Gasteiger partial charge in [-0.05, 0) is 47.7 Å². The van der Waals surface area contributed by atoms with E-state index in [4.69, 9.17) is 4.74 Å². The summed E-state index contributed by atoms with van der Waals surface area (Å²) in [6.07, 6.45) is 6.61. The second-order valence-electron chi connectivity index (χ2n) is 9.51. The average molecular weight is 497 g/mol. The molecule has 1 amide bonds. The lowest BCUT2D eigenvalue weighted by molar-refractivity contribution is 0.0946. The lowest BCUT2D eigenvalue weighted by Gasteiger charge is -2.22. The van der Waals surface area contributed by atoms with E-state index in [1.54, 1.807) is 24.8 Å². The SMILES string of the molecule is COc1c(C#N)cc(C(C)(C)C)cc1Nc1cnc(C)c(-n2cc(C(=O)NCc3cccnc3)nn2)c1. The molecule has 0 unspecified atom stereocenters. The number of nitrogens with zero attached hydrogens (tertiary/aromatic N) is 6. The molecule has 188 valence electrons. The predicted molar refractivity (Wildman–Crippen MR) is 139 cm³/mol. The van der Waals surface area contributed by atoms with Gasteiger partial charge < -0.3 is 15.4 Å². The third-order valence-corrected chi connectivity index (χ3v) is 5.77. The summed E-state index contributed by atoms with van der Waals surface area (Å²) in [6, 6.07) is 11.6. The van der Waals surface area contributed by atoms with Crippen molar-refractivity contribution in [3.8, 4) is 17.5 Å². The van der Waals surface area contributed by atoms with Crippen molar-refractivity contribution in [2.75, 3.05) is 12.4 Å². The molecular weight excluding hydrogens is 468 g/mol. The van der Waals surface area contributed by atoms with E-state index in [-0.39, 0.29) is 17.0 Å². The molecule has 0 spiro atoms. The Balaban J connectivity index is 1.60. The highest BCUT2D eigenvalue weighted by Gasteiger charge is 2.20. The van der Waals surface area contributed by atoms with Gasteiger partial charge in [0.05, 0.1) is 47.8 Å². The number of carbonyl (C=O) groups excluding carboxylic acids is 1. The molecule has 4 aromatic rings. The maximum atomic E-state index is 12.6. The Kier molecular flexibility index (Phi) is 7.15. The topological polar surface area (TPSA) is 131 Å². The van der Waals surface area contributed by atoms with Crippen LogP contribution in [0, 0.1) is 18.3 Å². The van der Waals surface area contributed by atoms with Crippen molar-refractivity contribution in [2.24, 2.45) is 0 Å². The van der Waals surface area contributed by atoms with Crippen LogP contribution in [0.4, 0.5) is 11.4 Å². The number of nitrogens with one attached hydrogen (secondary N) is 2. The zero-order valence-electron chi connectivity index (χ0n) is 21.4. The van der Waals surface area contributed by atoms with Crippen LogP contribution in [-0.2, 0) is 12.0 Å². The Bertz CT molecular complexity index is 1470. The number of carbonyl (C=O) groups is 1. The minimum Gasteiger partial charge on any atom is -0.493 e. The van der Waals surface area contributed by atoms with Gasteiger partial charge in [-0.1, -0.05) is 32.1 Å². The lowest BCUT2D eigenvalue weighted by atomic mass is 9.85. The zero-order valence-corrected chi connectivity index (χ0v) is 21.4. The summed E-state index contributed by atoms with van der Waals surface area (Å²) in [7, 11) is 1.53. The van der Waals surface area contributed by atoms with E-state index in [0.717, 1.165) is 11.1 Å².